The minimum atomic E-state index is -3.71. The molecular weight excluding hydrogens is 372 g/mol. The number of hydrogen-bond acceptors (Lipinski definition) is 5. The van der Waals surface area contributed by atoms with Crippen LogP contribution in [0.2, 0.25) is 0 Å². The maximum atomic E-state index is 12.7. The van der Waals surface area contributed by atoms with Crippen molar-refractivity contribution in [2.24, 2.45) is 5.92 Å². The van der Waals surface area contributed by atoms with Crippen LogP contribution >= 0.6 is 0 Å². The minimum Gasteiger partial charge on any atom is -0.478 e. The van der Waals surface area contributed by atoms with E-state index in [0.29, 0.717) is 25.1 Å². The van der Waals surface area contributed by atoms with E-state index in [4.69, 9.17) is 9.52 Å². The number of aromatic carboxylic acids is 1. The van der Waals surface area contributed by atoms with Crippen molar-refractivity contribution in [2.75, 3.05) is 13.1 Å². The molecule has 0 saturated carbocycles. The van der Waals surface area contributed by atoms with Gasteiger partial charge in [0.25, 0.3) is 0 Å². The van der Waals surface area contributed by atoms with Crippen LogP contribution in [-0.2, 0) is 21.4 Å². The number of hydrogen-bond donors (Lipinski definition) is 2. The van der Waals surface area contributed by atoms with Gasteiger partial charge in [0.15, 0.2) is 0 Å². The summed E-state index contributed by atoms with van der Waals surface area (Å²) in [7, 11) is -3.71. The van der Waals surface area contributed by atoms with Gasteiger partial charge in [0.1, 0.15) is 5.76 Å². The van der Waals surface area contributed by atoms with Crippen molar-refractivity contribution < 1.29 is 27.5 Å². The summed E-state index contributed by atoms with van der Waals surface area (Å²) in [4.78, 5) is 23.2. The monoisotopic (exact) mass is 392 g/mol. The van der Waals surface area contributed by atoms with E-state index >= 15 is 0 Å². The van der Waals surface area contributed by atoms with Gasteiger partial charge >= 0.3 is 5.97 Å². The number of carbonyl (C=O) groups is 2. The second kappa shape index (κ2) is 7.93. The topological polar surface area (TPSA) is 117 Å². The van der Waals surface area contributed by atoms with Gasteiger partial charge in [-0.2, -0.15) is 4.31 Å². The first-order chi connectivity index (χ1) is 12.9. The number of carboxylic acid groups (broad SMARTS) is 1. The predicted octanol–water partition coefficient (Wildman–Crippen LogP) is 1.69. The average Bonchev–Trinajstić information content (AvgIpc) is 3.20. The number of benzene rings is 1. The maximum absolute atomic E-state index is 12.7. The smallest absolute Gasteiger partial charge is 0.335 e. The Hall–Kier alpha value is -2.65. The Bertz CT molecular complexity index is 898. The van der Waals surface area contributed by atoms with Gasteiger partial charge in [-0.25, -0.2) is 13.2 Å². The van der Waals surface area contributed by atoms with Crippen molar-refractivity contribution in [1.29, 1.82) is 0 Å². The van der Waals surface area contributed by atoms with Crippen LogP contribution in [0.25, 0.3) is 0 Å². The Morgan fingerprint density at radius 1 is 1.15 bits per heavy atom. The number of piperidine rings is 1. The third-order valence-electron chi connectivity index (χ3n) is 4.58. The Labute approximate surface area is 156 Å². The van der Waals surface area contributed by atoms with Crippen LogP contribution in [-0.4, -0.2) is 42.8 Å². The van der Waals surface area contributed by atoms with E-state index in [2.05, 4.69) is 5.32 Å². The highest BCUT2D eigenvalue weighted by Gasteiger charge is 2.32. The van der Waals surface area contributed by atoms with E-state index in [1.54, 1.807) is 12.1 Å². The lowest BCUT2D eigenvalue weighted by Gasteiger charge is -2.30. The molecule has 0 spiro atoms. The normalized spacial score (nSPS) is 16.1. The van der Waals surface area contributed by atoms with E-state index < -0.39 is 16.0 Å². The molecule has 27 heavy (non-hydrogen) atoms. The summed E-state index contributed by atoms with van der Waals surface area (Å²) in [6.07, 6.45) is 2.39. The van der Waals surface area contributed by atoms with Crippen LogP contribution in [0.1, 0.15) is 29.0 Å². The first-order valence-corrected chi connectivity index (χ1v) is 9.95. The van der Waals surface area contributed by atoms with Gasteiger partial charge < -0.3 is 14.8 Å². The van der Waals surface area contributed by atoms with Crippen LogP contribution in [0.5, 0.6) is 0 Å². The Morgan fingerprint density at radius 3 is 2.37 bits per heavy atom. The number of nitrogens with zero attached hydrogens (tertiary/aromatic N) is 1. The number of sulfonamides is 1. The summed E-state index contributed by atoms with van der Waals surface area (Å²) in [6, 6.07) is 8.63. The number of carbonyl (C=O) groups excluding carboxylic acids is 1. The molecule has 0 radical (unpaired) electrons. The molecule has 144 valence electrons. The lowest BCUT2D eigenvalue weighted by molar-refractivity contribution is -0.126. The van der Waals surface area contributed by atoms with Crippen molar-refractivity contribution in [1.82, 2.24) is 9.62 Å². The Balaban J connectivity index is 1.57. The van der Waals surface area contributed by atoms with Crippen molar-refractivity contribution in [3.63, 3.8) is 0 Å². The van der Waals surface area contributed by atoms with Gasteiger partial charge in [0, 0.05) is 19.0 Å². The van der Waals surface area contributed by atoms with Crippen molar-refractivity contribution in [2.45, 2.75) is 24.3 Å². The quantitative estimate of drug-likeness (QED) is 0.773. The first kappa shape index (κ1) is 19.1. The molecule has 0 atom stereocenters. The van der Waals surface area contributed by atoms with Crippen LogP contribution in [0, 0.1) is 5.92 Å². The van der Waals surface area contributed by atoms with E-state index in [9.17, 15) is 18.0 Å². The third-order valence-corrected chi connectivity index (χ3v) is 6.49. The van der Waals surface area contributed by atoms with Crippen molar-refractivity contribution >= 4 is 21.9 Å². The lowest BCUT2D eigenvalue weighted by Crippen LogP contribution is -2.42. The summed E-state index contributed by atoms with van der Waals surface area (Å²) in [5.74, 6) is -0.816. The molecule has 1 fully saturated rings. The zero-order valence-corrected chi connectivity index (χ0v) is 15.3. The molecule has 9 heteroatoms. The molecule has 1 aromatic carbocycles. The molecule has 1 saturated heterocycles. The molecule has 2 heterocycles. The molecule has 2 N–H and O–H groups in total. The summed E-state index contributed by atoms with van der Waals surface area (Å²) in [5.41, 5.74) is 0.0286. The van der Waals surface area contributed by atoms with Crippen LogP contribution in [0.15, 0.2) is 52.0 Å². The number of furan rings is 1. The molecule has 1 aliphatic rings. The van der Waals surface area contributed by atoms with Crippen LogP contribution in [0.3, 0.4) is 0 Å². The molecule has 0 unspecified atom stereocenters. The fourth-order valence-electron chi connectivity index (χ4n) is 3.01. The molecule has 2 aromatic rings. The first-order valence-electron chi connectivity index (χ1n) is 8.51. The molecule has 1 amide bonds. The highest BCUT2D eigenvalue weighted by Crippen LogP contribution is 2.24. The van der Waals surface area contributed by atoms with Gasteiger partial charge in [0.2, 0.25) is 15.9 Å². The van der Waals surface area contributed by atoms with Gasteiger partial charge in [-0.1, -0.05) is 0 Å². The van der Waals surface area contributed by atoms with Crippen molar-refractivity contribution in [3.8, 4) is 0 Å². The van der Waals surface area contributed by atoms with E-state index in [0.717, 1.165) is 0 Å². The molecular formula is C18H20N2O6S. The number of nitrogens with one attached hydrogen (secondary N) is 1. The molecule has 0 bridgehead atoms. The van der Waals surface area contributed by atoms with E-state index in [1.165, 1.54) is 34.8 Å². The number of amides is 1. The van der Waals surface area contributed by atoms with Crippen molar-refractivity contribution in [3.05, 3.63) is 54.0 Å². The van der Waals surface area contributed by atoms with E-state index in [1.807, 2.05) is 0 Å². The largest absolute Gasteiger partial charge is 0.478 e. The highest BCUT2D eigenvalue weighted by molar-refractivity contribution is 7.89. The van der Waals surface area contributed by atoms with E-state index in [-0.39, 0.29) is 35.4 Å². The molecule has 1 aromatic heterocycles. The Kier molecular flexibility index (Phi) is 5.62. The SMILES string of the molecule is O=C(O)c1ccc(S(=O)(=O)N2CCC(C(=O)NCc3ccco3)CC2)cc1. The Morgan fingerprint density at radius 2 is 1.81 bits per heavy atom. The average molecular weight is 392 g/mol. The fraction of sp³-hybridized carbons (Fsp3) is 0.333. The van der Waals surface area contributed by atoms with Gasteiger partial charge in [-0.05, 0) is 49.2 Å². The molecule has 1 aliphatic heterocycles. The lowest BCUT2D eigenvalue weighted by atomic mass is 9.97. The summed E-state index contributed by atoms with van der Waals surface area (Å²) < 4.78 is 31.9. The predicted molar refractivity (Wildman–Crippen MR) is 95.4 cm³/mol. The second-order valence-corrected chi connectivity index (χ2v) is 8.24. The standard InChI is InChI=1S/C18H20N2O6S/c21-17(19-12-15-2-1-11-26-15)13-7-9-20(10-8-13)27(24,25)16-5-3-14(4-6-16)18(22)23/h1-6,11,13H,7-10,12H2,(H,19,21)(H,22,23). The molecule has 0 aliphatic carbocycles. The zero-order valence-electron chi connectivity index (χ0n) is 14.5. The van der Waals surface area contributed by atoms with Gasteiger partial charge in [0.05, 0.1) is 23.3 Å². The minimum absolute atomic E-state index is 0.0286. The summed E-state index contributed by atoms with van der Waals surface area (Å²) >= 11 is 0. The van der Waals surface area contributed by atoms with Gasteiger partial charge in [-0.3, -0.25) is 4.79 Å². The summed E-state index contributed by atoms with van der Waals surface area (Å²) in [5, 5.41) is 11.7. The zero-order chi connectivity index (χ0) is 19.4. The fourth-order valence-corrected chi connectivity index (χ4v) is 4.48. The number of carboxylic acids is 1. The van der Waals surface area contributed by atoms with Gasteiger partial charge in [-0.15, -0.1) is 0 Å². The molecule has 3 rings (SSSR count). The van der Waals surface area contributed by atoms with Crippen LogP contribution < -0.4 is 5.32 Å². The third kappa shape index (κ3) is 4.37. The maximum Gasteiger partial charge on any atom is 0.335 e. The molecule has 8 nitrogen and oxygen atoms in total. The van der Waals surface area contributed by atoms with Crippen LogP contribution in [0.4, 0.5) is 0 Å². The number of rotatable bonds is 6. The summed E-state index contributed by atoms with van der Waals surface area (Å²) in [6.45, 7) is 0.782. The highest BCUT2D eigenvalue weighted by atomic mass is 32.2. The second-order valence-electron chi connectivity index (χ2n) is 6.31.